The summed E-state index contributed by atoms with van der Waals surface area (Å²) < 4.78 is 12.0. The molecule has 0 saturated carbocycles. The lowest BCUT2D eigenvalue weighted by molar-refractivity contribution is 0.121. The summed E-state index contributed by atoms with van der Waals surface area (Å²) in [5.74, 6) is 1.69. The summed E-state index contributed by atoms with van der Waals surface area (Å²) in [5, 5.41) is -0.660. The van der Waals surface area contributed by atoms with Crippen molar-refractivity contribution in [1.82, 2.24) is 0 Å². The number of likely N-dealkylation sites (N-methyl/N-ethyl adjacent to an activating group) is 1. The van der Waals surface area contributed by atoms with Crippen LogP contribution in [0.1, 0.15) is 5.56 Å². The summed E-state index contributed by atoms with van der Waals surface area (Å²) >= 11 is 1.67. The van der Waals surface area contributed by atoms with E-state index in [9.17, 15) is 0 Å². The number of ether oxygens (including phenoxy) is 2. The molecule has 1 unspecified atom stereocenters. The van der Waals surface area contributed by atoms with Crippen LogP contribution in [0.15, 0.2) is 59.2 Å². The second-order valence-electron chi connectivity index (χ2n) is 5.06. The third-order valence-electron chi connectivity index (χ3n) is 3.90. The molecule has 4 heteroatoms. The molecule has 21 heavy (non-hydrogen) atoms. The molecular weight excluding hydrogens is 282 g/mol. The average molecular weight is 297 g/mol. The Morgan fingerprint density at radius 3 is 2.67 bits per heavy atom. The van der Waals surface area contributed by atoms with Gasteiger partial charge in [0, 0.05) is 17.5 Å². The molecule has 2 aromatic rings. The first kappa shape index (κ1) is 12.7. The van der Waals surface area contributed by atoms with Crippen molar-refractivity contribution >= 4 is 23.5 Å². The molecule has 0 saturated heterocycles. The fourth-order valence-corrected chi connectivity index (χ4v) is 4.18. The van der Waals surface area contributed by atoms with Gasteiger partial charge in [-0.05, 0) is 36.0 Å². The average Bonchev–Trinajstić information content (AvgIpc) is 2.80. The Labute approximate surface area is 128 Å². The second-order valence-corrected chi connectivity index (χ2v) is 6.26. The van der Waals surface area contributed by atoms with Gasteiger partial charge in [0.15, 0.2) is 5.76 Å². The Balaban J connectivity index is 1.87. The molecule has 0 fully saturated rings. The highest BCUT2D eigenvalue weighted by Crippen LogP contribution is 2.55. The normalized spacial score (nSPS) is 22.4. The molecule has 0 radical (unpaired) electrons. The molecule has 0 N–H and O–H groups in total. The fourth-order valence-electron chi connectivity index (χ4n) is 2.81. The standard InChI is InChI=1S/C17H15NO2S/c1-18-13-8-4-6-10-15(13)21-17(18)16(19-2)11-12-7-3-5-9-14(12)20-17/h3-11H,1-2H3. The molecule has 0 amide bonds. The van der Waals surface area contributed by atoms with Crippen molar-refractivity contribution < 1.29 is 9.47 Å². The maximum atomic E-state index is 6.37. The topological polar surface area (TPSA) is 21.7 Å². The molecule has 1 atom stereocenters. The number of methoxy groups -OCH3 is 1. The smallest absolute Gasteiger partial charge is 0.294 e. The van der Waals surface area contributed by atoms with Crippen molar-refractivity contribution in [3.05, 3.63) is 59.9 Å². The maximum Gasteiger partial charge on any atom is 0.294 e. The molecule has 3 nitrogen and oxygen atoms in total. The third kappa shape index (κ3) is 1.69. The van der Waals surface area contributed by atoms with E-state index in [-0.39, 0.29) is 0 Å². The lowest BCUT2D eigenvalue weighted by Crippen LogP contribution is -2.49. The highest BCUT2D eigenvalue weighted by atomic mass is 32.2. The molecule has 2 aromatic carbocycles. The van der Waals surface area contributed by atoms with E-state index in [0.29, 0.717) is 0 Å². The van der Waals surface area contributed by atoms with Gasteiger partial charge in [-0.2, -0.15) is 0 Å². The SMILES string of the molecule is COC1=Cc2ccccc2OC12Sc1ccccc1N2C. The van der Waals surface area contributed by atoms with Crippen LogP contribution in [0.25, 0.3) is 6.08 Å². The number of fused-ring (bicyclic) bond motifs is 2. The monoisotopic (exact) mass is 297 g/mol. The van der Waals surface area contributed by atoms with Gasteiger partial charge in [-0.15, -0.1) is 0 Å². The van der Waals surface area contributed by atoms with Crippen molar-refractivity contribution in [3.63, 3.8) is 0 Å². The summed E-state index contributed by atoms with van der Waals surface area (Å²) in [4.78, 5) is 3.33. The van der Waals surface area contributed by atoms with Crippen molar-refractivity contribution in [2.45, 2.75) is 9.95 Å². The van der Waals surface area contributed by atoms with E-state index >= 15 is 0 Å². The summed E-state index contributed by atoms with van der Waals surface area (Å²) in [6, 6.07) is 16.3. The number of thioether (sulfide) groups is 1. The summed E-state index contributed by atoms with van der Waals surface area (Å²) in [5.41, 5.74) is 2.20. The van der Waals surface area contributed by atoms with Crippen LogP contribution < -0.4 is 9.64 Å². The number of benzene rings is 2. The van der Waals surface area contributed by atoms with Gasteiger partial charge in [-0.1, -0.05) is 30.3 Å². The predicted molar refractivity (Wildman–Crippen MR) is 85.5 cm³/mol. The molecule has 2 heterocycles. The zero-order valence-corrected chi connectivity index (χ0v) is 12.7. The Hall–Kier alpha value is -2.07. The minimum atomic E-state index is -0.660. The van der Waals surface area contributed by atoms with E-state index in [1.54, 1.807) is 18.9 Å². The van der Waals surface area contributed by atoms with E-state index in [1.807, 2.05) is 43.4 Å². The summed E-state index contributed by atoms with van der Waals surface area (Å²) in [6.45, 7) is 0. The van der Waals surface area contributed by atoms with Crippen molar-refractivity contribution in [1.29, 1.82) is 0 Å². The minimum absolute atomic E-state index is 0.660. The van der Waals surface area contributed by atoms with Crippen LogP contribution in [0, 0.1) is 0 Å². The Morgan fingerprint density at radius 2 is 1.86 bits per heavy atom. The van der Waals surface area contributed by atoms with Gasteiger partial charge in [-0.25, -0.2) is 0 Å². The fraction of sp³-hybridized carbons (Fsp3) is 0.176. The van der Waals surface area contributed by atoms with Crippen LogP contribution in [-0.4, -0.2) is 19.2 Å². The van der Waals surface area contributed by atoms with Gasteiger partial charge in [0.05, 0.1) is 12.8 Å². The predicted octanol–water partition coefficient (Wildman–Crippen LogP) is 3.96. The Bertz CT molecular complexity index is 743. The van der Waals surface area contributed by atoms with Crippen LogP contribution in [-0.2, 0) is 4.74 Å². The first-order valence-corrected chi connectivity index (χ1v) is 7.62. The molecule has 1 spiro atoms. The molecule has 0 bridgehead atoms. The van der Waals surface area contributed by atoms with Gasteiger partial charge < -0.3 is 14.4 Å². The number of rotatable bonds is 1. The van der Waals surface area contributed by atoms with Crippen LogP contribution in [0.4, 0.5) is 5.69 Å². The number of anilines is 1. The number of nitrogens with zero attached hydrogens (tertiary/aromatic N) is 1. The number of hydrogen-bond donors (Lipinski definition) is 0. The lowest BCUT2D eigenvalue weighted by atomic mass is 10.1. The Kier molecular flexibility index (Phi) is 2.69. The highest BCUT2D eigenvalue weighted by Gasteiger charge is 2.51. The van der Waals surface area contributed by atoms with Gasteiger partial charge in [0.25, 0.3) is 5.06 Å². The van der Waals surface area contributed by atoms with E-state index < -0.39 is 5.06 Å². The summed E-state index contributed by atoms with van der Waals surface area (Å²) in [7, 11) is 3.74. The van der Waals surface area contributed by atoms with Crippen LogP contribution in [0.5, 0.6) is 5.75 Å². The van der Waals surface area contributed by atoms with Crippen LogP contribution in [0.2, 0.25) is 0 Å². The second kappa shape index (κ2) is 4.46. The van der Waals surface area contributed by atoms with Gasteiger partial charge in [0.2, 0.25) is 0 Å². The zero-order chi connectivity index (χ0) is 14.4. The van der Waals surface area contributed by atoms with Crippen LogP contribution >= 0.6 is 11.8 Å². The van der Waals surface area contributed by atoms with Gasteiger partial charge >= 0.3 is 0 Å². The zero-order valence-electron chi connectivity index (χ0n) is 11.9. The highest BCUT2D eigenvalue weighted by molar-refractivity contribution is 8.01. The summed E-state index contributed by atoms with van der Waals surface area (Å²) in [6.07, 6.45) is 2.06. The largest absolute Gasteiger partial charge is 0.494 e. The van der Waals surface area contributed by atoms with E-state index in [2.05, 4.69) is 23.1 Å². The van der Waals surface area contributed by atoms with Gasteiger partial charge in [-0.3, -0.25) is 0 Å². The maximum absolute atomic E-state index is 6.37. The van der Waals surface area contributed by atoms with E-state index in [1.165, 1.54) is 4.90 Å². The minimum Gasteiger partial charge on any atom is -0.494 e. The molecule has 0 aromatic heterocycles. The molecule has 2 aliphatic rings. The molecule has 106 valence electrons. The molecule has 0 aliphatic carbocycles. The van der Waals surface area contributed by atoms with Crippen molar-refractivity contribution in [2.24, 2.45) is 0 Å². The number of para-hydroxylation sites is 2. The van der Waals surface area contributed by atoms with E-state index in [4.69, 9.17) is 9.47 Å². The first-order chi connectivity index (χ1) is 10.2. The lowest BCUT2D eigenvalue weighted by Gasteiger charge is -2.39. The number of hydrogen-bond acceptors (Lipinski definition) is 4. The molecule has 2 aliphatic heterocycles. The third-order valence-corrected chi connectivity index (χ3v) is 5.30. The van der Waals surface area contributed by atoms with Gasteiger partial charge in [0.1, 0.15) is 5.75 Å². The molecule has 4 rings (SSSR count). The van der Waals surface area contributed by atoms with Crippen LogP contribution in [0.3, 0.4) is 0 Å². The first-order valence-electron chi connectivity index (χ1n) is 6.81. The molecular formula is C17H15NO2S. The quantitative estimate of drug-likeness (QED) is 0.794. The van der Waals surface area contributed by atoms with Crippen molar-refractivity contribution in [3.8, 4) is 5.75 Å². The van der Waals surface area contributed by atoms with Crippen molar-refractivity contribution in [2.75, 3.05) is 19.1 Å². The van der Waals surface area contributed by atoms with E-state index in [0.717, 1.165) is 22.8 Å². The Morgan fingerprint density at radius 1 is 1.10 bits per heavy atom.